The Balaban J connectivity index is 2.69. The van der Waals surface area contributed by atoms with Crippen LogP contribution in [-0.2, 0) is 4.79 Å². The number of hydrogen-bond donors (Lipinski definition) is 0. The molecule has 1 nitrogen and oxygen atoms in total. The molecule has 0 spiro atoms. The first-order valence-electron chi connectivity index (χ1n) is 5.35. The van der Waals surface area contributed by atoms with E-state index in [1.54, 1.807) is 0 Å². The van der Waals surface area contributed by atoms with Crippen LogP contribution in [0.2, 0.25) is 0 Å². The Morgan fingerprint density at radius 3 is 2.15 bits per heavy atom. The molecule has 1 fully saturated rings. The first-order chi connectivity index (χ1) is 5.82. The average molecular weight is 182 g/mol. The summed E-state index contributed by atoms with van der Waals surface area (Å²) < 4.78 is 0. The van der Waals surface area contributed by atoms with Crippen molar-refractivity contribution in [3.05, 3.63) is 0 Å². The van der Waals surface area contributed by atoms with Crippen molar-refractivity contribution in [1.29, 1.82) is 0 Å². The Morgan fingerprint density at radius 2 is 1.77 bits per heavy atom. The van der Waals surface area contributed by atoms with Crippen molar-refractivity contribution in [3.8, 4) is 0 Å². The molecule has 1 saturated carbocycles. The third kappa shape index (κ3) is 2.32. The highest BCUT2D eigenvalue weighted by atomic mass is 16.1. The molecule has 13 heavy (non-hydrogen) atoms. The molecule has 1 aliphatic rings. The van der Waals surface area contributed by atoms with E-state index in [0.717, 1.165) is 6.42 Å². The summed E-state index contributed by atoms with van der Waals surface area (Å²) in [5.41, 5.74) is 0.296. The monoisotopic (exact) mass is 182 g/mol. The Labute approximate surface area is 81.9 Å². The summed E-state index contributed by atoms with van der Waals surface area (Å²) in [6.45, 7) is 11.0. The summed E-state index contributed by atoms with van der Waals surface area (Å²) >= 11 is 0. The summed E-state index contributed by atoms with van der Waals surface area (Å²) in [7, 11) is 0. The zero-order chi connectivity index (χ0) is 10.2. The molecule has 3 atom stereocenters. The van der Waals surface area contributed by atoms with Gasteiger partial charge in [0.2, 0.25) is 0 Å². The summed E-state index contributed by atoms with van der Waals surface area (Å²) in [5, 5.41) is 0. The minimum absolute atomic E-state index is 0.290. The standard InChI is InChI=1S/C12H22O/c1-8-6-10(12(3,4)5)7-11(13)9(8)2/h8-10H,6-7H2,1-5H3/t8-,9?,10?/m0/s1. The van der Waals surface area contributed by atoms with E-state index >= 15 is 0 Å². The maximum Gasteiger partial charge on any atom is 0.136 e. The molecule has 0 N–H and O–H groups in total. The fraction of sp³-hybridized carbons (Fsp3) is 0.917. The van der Waals surface area contributed by atoms with Gasteiger partial charge in [-0.3, -0.25) is 4.79 Å². The van der Waals surface area contributed by atoms with Crippen LogP contribution in [-0.4, -0.2) is 5.78 Å². The van der Waals surface area contributed by atoms with E-state index in [-0.39, 0.29) is 0 Å². The fourth-order valence-corrected chi connectivity index (χ4v) is 2.14. The Morgan fingerprint density at radius 1 is 1.23 bits per heavy atom. The number of Topliss-reactive ketones (excluding diaryl/α,β-unsaturated/α-hetero) is 1. The molecule has 1 heteroatoms. The van der Waals surface area contributed by atoms with Crippen molar-refractivity contribution in [2.24, 2.45) is 23.2 Å². The van der Waals surface area contributed by atoms with Crippen LogP contribution in [0.1, 0.15) is 47.5 Å². The number of carbonyl (C=O) groups is 1. The van der Waals surface area contributed by atoms with E-state index in [2.05, 4.69) is 34.6 Å². The molecule has 0 bridgehead atoms. The molecule has 76 valence electrons. The lowest BCUT2D eigenvalue weighted by Crippen LogP contribution is -2.35. The molecule has 0 aromatic heterocycles. The Hall–Kier alpha value is -0.330. The van der Waals surface area contributed by atoms with Gasteiger partial charge in [-0.05, 0) is 23.7 Å². The highest BCUT2D eigenvalue weighted by Gasteiger charge is 2.36. The first-order valence-corrected chi connectivity index (χ1v) is 5.35. The van der Waals surface area contributed by atoms with Crippen molar-refractivity contribution in [2.45, 2.75) is 47.5 Å². The van der Waals surface area contributed by atoms with Gasteiger partial charge in [0.1, 0.15) is 5.78 Å². The van der Waals surface area contributed by atoms with Crippen LogP contribution in [0.3, 0.4) is 0 Å². The second-order valence-corrected chi connectivity index (χ2v) is 5.74. The Kier molecular flexibility index (Phi) is 2.84. The van der Waals surface area contributed by atoms with E-state index in [4.69, 9.17) is 0 Å². The van der Waals surface area contributed by atoms with Gasteiger partial charge in [0, 0.05) is 12.3 Å². The van der Waals surface area contributed by atoms with Crippen molar-refractivity contribution < 1.29 is 4.79 Å². The van der Waals surface area contributed by atoms with Crippen molar-refractivity contribution in [1.82, 2.24) is 0 Å². The van der Waals surface area contributed by atoms with Crippen LogP contribution in [0.25, 0.3) is 0 Å². The molecule has 0 amide bonds. The second kappa shape index (κ2) is 3.43. The highest BCUT2D eigenvalue weighted by Crippen LogP contribution is 2.40. The minimum atomic E-state index is 0.290. The van der Waals surface area contributed by atoms with Gasteiger partial charge in [-0.1, -0.05) is 34.6 Å². The number of hydrogen-bond acceptors (Lipinski definition) is 1. The van der Waals surface area contributed by atoms with E-state index in [9.17, 15) is 4.79 Å². The predicted molar refractivity (Wildman–Crippen MR) is 55.5 cm³/mol. The zero-order valence-corrected chi connectivity index (χ0v) is 9.55. The van der Waals surface area contributed by atoms with E-state index in [1.807, 2.05) is 0 Å². The first kappa shape index (κ1) is 10.7. The largest absolute Gasteiger partial charge is 0.299 e. The molecular weight excluding hydrogens is 160 g/mol. The summed E-state index contributed by atoms with van der Waals surface area (Å²) in [6.07, 6.45) is 2.02. The lowest BCUT2D eigenvalue weighted by molar-refractivity contribution is -0.129. The van der Waals surface area contributed by atoms with Gasteiger partial charge in [-0.2, -0.15) is 0 Å². The number of carbonyl (C=O) groups excluding carboxylic acids is 1. The van der Waals surface area contributed by atoms with Gasteiger partial charge in [0.25, 0.3) is 0 Å². The van der Waals surface area contributed by atoms with Crippen LogP contribution in [0, 0.1) is 23.2 Å². The molecule has 0 aromatic carbocycles. The minimum Gasteiger partial charge on any atom is -0.299 e. The molecule has 0 radical (unpaired) electrons. The molecule has 1 aliphatic carbocycles. The highest BCUT2D eigenvalue weighted by molar-refractivity contribution is 5.82. The van der Waals surface area contributed by atoms with Crippen LogP contribution in [0.4, 0.5) is 0 Å². The molecule has 0 heterocycles. The quantitative estimate of drug-likeness (QED) is 0.562. The predicted octanol–water partition coefficient (Wildman–Crippen LogP) is 3.28. The zero-order valence-electron chi connectivity index (χ0n) is 9.55. The third-order valence-corrected chi connectivity index (χ3v) is 3.69. The summed E-state index contributed by atoms with van der Waals surface area (Å²) in [4.78, 5) is 11.7. The lowest BCUT2D eigenvalue weighted by Gasteiger charge is -2.38. The molecule has 1 rings (SSSR count). The molecular formula is C12H22O. The van der Waals surface area contributed by atoms with Crippen LogP contribution in [0.15, 0.2) is 0 Å². The maximum absolute atomic E-state index is 11.7. The lowest BCUT2D eigenvalue weighted by atomic mass is 9.66. The average Bonchev–Trinajstić information content (AvgIpc) is 1.97. The second-order valence-electron chi connectivity index (χ2n) is 5.74. The third-order valence-electron chi connectivity index (χ3n) is 3.69. The Bertz CT molecular complexity index is 200. The number of ketones is 1. The van der Waals surface area contributed by atoms with E-state index in [1.165, 1.54) is 6.42 Å². The molecule has 2 unspecified atom stereocenters. The van der Waals surface area contributed by atoms with Gasteiger partial charge in [-0.15, -0.1) is 0 Å². The maximum atomic E-state index is 11.7. The molecule has 0 aliphatic heterocycles. The van der Waals surface area contributed by atoms with Crippen LogP contribution < -0.4 is 0 Å². The SMILES string of the molecule is CC1C(=O)CC(C(C)(C)C)C[C@@H]1C. The summed E-state index contributed by atoms with van der Waals surface area (Å²) in [5.74, 6) is 1.92. The van der Waals surface area contributed by atoms with Crippen LogP contribution in [0.5, 0.6) is 0 Å². The van der Waals surface area contributed by atoms with Crippen molar-refractivity contribution in [2.75, 3.05) is 0 Å². The van der Waals surface area contributed by atoms with Gasteiger partial charge in [-0.25, -0.2) is 0 Å². The van der Waals surface area contributed by atoms with Gasteiger partial charge < -0.3 is 0 Å². The van der Waals surface area contributed by atoms with Crippen molar-refractivity contribution in [3.63, 3.8) is 0 Å². The van der Waals surface area contributed by atoms with Gasteiger partial charge in [0.15, 0.2) is 0 Å². The molecule has 0 saturated heterocycles. The molecule has 0 aromatic rings. The topological polar surface area (TPSA) is 17.1 Å². The fourth-order valence-electron chi connectivity index (χ4n) is 2.14. The summed E-state index contributed by atoms with van der Waals surface area (Å²) in [6, 6.07) is 0. The smallest absolute Gasteiger partial charge is 0.136 e. The van der Waals surface area contributed by atoms with Gasteiger partial charge in [0.05, 0.1) is 0 Å². The van der Waals surface area contributed by atoms with Gasteiger partial charge >= 0.3 is 0 Å². The van der Waals surface area contributed by atoms with Crippen LogP contribution >= 0.6 is 0 Å². The van der Waals surface area contributed by atoms with Crippen molar-refractivity contribution >= 4 is 5.78 Å². The van der Waals surface area contributed by atoms with E-state index in [0.29, 0.717) is 29.0 Å². The number of rotatable bonds is 0. The normalized spacial score (nSPS) is 36.4. The van der Waals surface area contributed by atoms with E-state index < -0.39 is 0 Å².